The standard InChI is InChI=1S/C24H21N5OS/c1-16-11-12-21(26-15-16)28-14-6-9-19(28)23-22(17-7-4-5-13-25-17)27-24(31)29(23)18-8-2-3-10-20(18)30/h2-15,22-23,30H,1H3,(H,27,31)/t22-,23-/m0/s1. The van der Waals surface area contributed by atoms with Gasteiger partial charge in [-0.15, -0.1) is 0 Å². The second-order valence-corrected chi connectivity index (χ2v) is 7.87. The van der Waals surface area contributed by atoms with Gasteiger partial charge in [-0.25, -0.2) is 4.98 Å². The maximum Gasteiger partial charge on any atom is 0.174 e. The molecule has 0 radical (unpaired) electrons. The van der Waals surface area contributed by atoms with Gasteiger partial charge in [0.1, 0.15) is 17.6 Å². The second kappa shape index (κ2) is 7.85. The Labute approximate surface area is 185 Å². The van der Waals surface area contributed by atoms with Crippen molar-refractivity contribution < 1.29 is 5.11 Å². The third-order valence-electron chi connectivity index (χ3n) is 5.47. The number of pyridine rings is 2. The van der Waals surface area contributed by atoms with Gasteiger partial charge >= 0.3 is 0 Å². The van der Waals surface area contributed by atoms with Gasteiger partial charge < -0.3 is 19.9 Å². The number of phenols is 1. The minimum absolute atomic E-state index is 0.171. The fourth-order valence-electron chi connectivity index (χ4n) is 4.03. The van der Waals surface area contributed by atoms with Gasteiger partial charge in [0, 0.05) is 24.3 Å². The minimum Gasteiger partial charge on any atom is -0.506 e. The molecule has 4 heterocycles. The van der Waals surface area contributed by atoms with Crippen LogP contribution in [0.4, 0.5) is 5.69 Å². The van der Waals surface area contributed by atoms with Crippen molar-refractivity contribution in [2.75, 3.05) is 4.90 Å². The third kappa shape index (κ3) is 3.43. The number of hydrogen-bond acceptors (Lipinski definition) is 4. The Balaban J connectivity index is 1.68. The van der Waals surface area contributed by atoms with Crippen LogP contribution in [0.2, 0.25) is 0 Å². The summed E-state index contributed by atoms with van der Waals surface area (Å²) in [6.45, 7) is 2.02. The molecule has 0 unspecified atom stereocenters. The molecule has 0 aliphatic carbocycles. The van der Waals surface area contributed by atoms with E-state index in [1.165, 1.54) is 0 Å². The highest BCUT2D eigenvalue weighted by Gasteiger charge is 2.43. The van der Waals surface area contributed by atoms with Crippen LogP contribution in [0, 0.1) is 6.92 Å². The van der Waals surface area contributed by atoms with Crippen LogP contribution in [0.25, 0.3) is 5.82 Å². The first-order chi connectivity index (χ1) is 15.1. The number of aromatic nitrogens is 3. The lowest BCUT2D eigenvalue weighted by Gasteiger charge is -2.29. The van der Waals surface area contributed by atoms with E-state index >= 15 is 0 Å². The van der Waals surface area contributed by atoms with Crippen molar-refractivity contribution in [3.05, 3.63) is 102 Å². The third-order valence-corrected chi connectivity index (χ3v) is 5.78. The van der Waals surface area contributed by atoms with Gasteiger partial charge in [-0.3, -0.25) is 4.98 Å². The molecule has 4 aromatic rings. The van der Waals surface area contributed by atoms with E-state index in [-0.39, 0.29) is 17.8 Å². The zero-order valence-electron chi connectivity index (χ0n) is 16.9. The van der Waals surface area contributed by atoms with Crippen LogP contribution in [-0.4, -0.2) is 24.8 Å². The molecule has 1 saturated heterocycles. The summed E-state index contributed by atoms with van der Waals surface area (Å²) in [5, 5.41) is 14.6. The van der Waals surface area contributed by atoms with Crippen molar-refractivity contribution in [2.45, 2.75) is 19.0 Å². The van der Waals surface area contributed by atoms with Crippen LogP contribution in [0.1, 0.15) is 29.0 Å². The summed E-state index contributed by atoms with van der Waals surface area (Å²) >= 11 is 5.74. The molecule has 31 heavy (non-hydrogen) atoms. The van der Waals surface area contributed by atoms with Gasteiger partial charge in [-0.1, -0.05) is 24.3 Å². The van der Waals surface area contributed by atoms with Crippen LogP contribution in [0.5, 0.6) is 5.75 Å². The van der Waals surface area contributed by atoms with E-state index in [2.05, 4.69) is 25.9 Å². The smallest absolute Gasteiger partial charge is 0.174 e. The normalized spacial score (nSPS) is 18.2. The van der Waals surface area contributed by atoms with Gasteiger partial charge in [-0.2, -0.15) is 0 Å². The quantitative estimate of drug-likeness (QED) is 0.469. The number of anilines is 1. The lowest BCUT2D eigenvalue weighted by molar-refractivity contribution is 0.472. The van der Waals surface area contributed by atoms with E-state index in [9.17, 15) is 5.11 Å². The van der Waals surface area contributed by atoms with E-state index in [0.29, 0.717) is 10.8 Å². The molecule has 2 atom stereocenters. The molecule has 2 N–H and O–H groups in total. The summed E-state index contributed by atoms with van der Waals surface area (Å²) < 4.78 is 2.06. The molecule has 1 aliphatic heterocycles. The largest absolute Gasteiger partial charge is 0.506 e. The van der Waals surface area contributed by atoms with Gasteiger partial charge in [0.25, 0.3) is 0 Å². The van der Waals surface area contributed by atoms with E-state index < -0.39 is 0 Å². The molecule has 6 nitrogen and oxygen atoms in total. The number of aryl methyl sites for hydroxylation is 1. The number of phenolic OH excluding ortho intramolecular Hbond substituents is 1. The summed E-state index contributed by atoms with van der Waals surface area (Å²) in [4.78, 5) is 11.2. The van der Waals surface area contributed by atoms with Gasteiger partial charge in [0.2, 0.25) is 0 Å². The molecule has 3 aromatic heterocycles. The van der Waals surface area contributed by atoms with E-state index in [0.717, 1.165) is 22.8 Å². The molecule has 7 heteroatoms. The molecule has 5 rings (SSSR count). The predicted molar refractivity (Wildman–Crippen MR) is 124 cm³/mol. The zero-order valence-corrected chi connectivity index (χ0v) is 17.7. The van der Waals surface area contributed by atoms with Gasteiger partial charge in [0.05, 0.1) is 17.4 Å². The molecule has 0 bridgehead atoms. The summed E-state index contributed by atoms with van der Waals surface area (Å²) in [5.74, 6) is 0.991. The number of para-hydroxylation sites is 2. The lowest BCUT2D eigenvalue weighted by Crippen LogP contribution is -2.30. The predicted octanol–water partition coefficient (Wildman–Crippen LogP) is 4.46. The molecule has 0 spiro atoms. The first-order valence-corrected chi connectivity index (χ1v) is 10.4. The van der Waals surface area contributed by atoms with E-state index in [4.69, 9.17) is 12.2 Å². The maximum atomic E-state index is 10.6. The Hall–Kier alpha value is -3.71. The average molecular weight is 428 g/mol. The Morgan fingerprint density at radius 3 is 2.55 bits per heavy atom. The molecule has 154 valence electrons. The number of rotatable bonds is 4. The second-order valence-electron chi connectivity index (χ2n) is 7.48. The Morgan fingerprint density at radius 1 is 0.968 bits per heavy atom. The van der Waals surface area contributed by atoms with E-state index in [1.807, 2.05) is 72.7 Å². The molecule has 1 aliphatic rings. The van der Waals surface area contributed by atoms with Crippen LogP contribution in [0.3, 0.4) is 0 Å². The number of thiocarbonyl (C=S) groups is 1. The van der Waals surface area contributed by atoms with Crippen LogP contribution >= 0.6 is 12.2 Å². The number of nitrogens with one attached hydrogen (secondary N) is 1. The lowest BCUT2D eigenvalue weighted by atomic mass is 10.0. The molecule has 0 saturated carbocycles. The Bertz CT molecular complexity index is 1220. The van der Waals surface area contributed by atoms with Gasteiger partial charge in [-0.05, 0) is 67.2 Å². The number of hydrogen-bond donors (Lipinski definition) is 2. The Morgan fingerprint density at radius 2 is 1.81 bits per heavy atom. The number of nitrogens with zero attached hydrogens (tertiary/aromatic N) is 4. The Kier molecular flexibility index (Phi) is 4.88. The summed E-state index contributed by atoms with van der Waals surface area (Å²) in [6, 6.07) is 20.7. The topological polar surface area (TPSA) is 66.2 Å². The summed E-state index contributed by atoms with van der Waals surface area (Å²) in [7, 11) is 0. The van der Waals surface area contributed by atoms with Crippen molar-refractivity contribution in [3.8, 4) is 11.6 Å². The first kappa shape index (κ1) is 19.3. The highest BCUT2D eigenvalue weighted by Crippen LogP contribution is 2.44. The monoisotopic (exact) mass is 427 g/mol. The molecule has 1 aromatic carbocycles. The number of aromatic hydroxyl groups is 1. The fourth-order valence-corrected chi connectivity index (χ4v) is 4.37. The van der Waals surface area contributed by atoms with Crippen molar-refractivity contribution in [2.24, 2.45) is 0 Å². The maximum absolute atomic E-state index is 10.6. The molecule has 0 amide bonds. The summed E-state index contributed by atoms with van der Waals surface area (Å²) in [6.07, 6.45) is 5.63. The molecule has 1 fully saturated rings. The fraction of sp³-hybridized carbons (Fsp3) is 0.125. The zero-order chi connectivity index (χ0) is 21.4. The highest BCUT2D eigenvalue weighted by atomic mass is 32.1. The highest BCUT2D eigenvalue weighted by molar-refractivity contribution is 7.80. The summed E-state index contributed by atoms with van der Waals surface area (Å²) in [5.41, 5.74) is 3.61. The number of benzene rings is 1. The first-order valence-electron chi connectivity index (χ1n) is 10.0. The van der Waals surface area contributed by atoms with Crippen molar-refractivity contribution in [1.29, 1.82) is 0 Å². The SMILES string of the molecule is Cc1ccc(-n2cccc2[C@H]2[C@H](c3ccccn3)NC(=S)N2c2ccccc2O)nc1. The average Bonchev–Trinajstić information content (AvgIpc) is 3.40. The van der Waals surface area contributed by atoms with E-state index in [1.54, 1.807) is 18.3 Å². The van der Waals surface area contributed by atoms with Gasteiger partial charge in [0.15, 0.2) is 5.11 Å². The minimum atomic E-state index is -0.242. The van der Waals surface area contributed by atoms with Crippen LogP contribution in [0.15, 0.2) is 85.3 Å². The van der Waals surface area contributed by atoms with Crippen LogP contribution in [-0.2, 0) is 0 Å². The van der Waals surface area contributed by atoms with Crippen molar-refractivity contribution in [3.63, 3.8) is 0 Å². The van der Waals surface area contributed by atoms with Crippen molar-refractivity contribution >= 4 is 23.0 Å². The van der Waals surface area contributed by atoms with Crippen LogP contribution < -0.4 is 10.2 Å². The molecular formula is C24H21N5OS. The molecular weight excluding hydrogens is 406 g/mol. The van der Waals surface area contributed by atoms with Crippen molar-refractivity contribution in [1.82, 2.24) is 19.9 Å².